The molecule has 8 heteroatoms. The Kier molecular flexibility index (Phi) is 5.13. The summed E-state index contributed by atoms with van der Waals surface area (Å²) in [6.45, 7) is -0.328. The van der Waals surface area contributed by atoms with Gasteiger partial charge in [-0.1, -0.05) is 11.6 Å². The maximum Gasteiger partial charge on any atom is 0.337 e. The quantitative estimate of drug-likeness (QED) is 0.724. The van der Waals surface area contributed by atoms with Crippen molar-refractivity contribution in [1.82, 2.24) is 5.32 Å². The number of nitrogens with one attached hydrogen (secondary N) is 2. The Morgan fingerprint density at radius 1 is 1.37 bits per heavy atom. The van der Waals surface area contributed by atoms with E-state index < -0.39 is 18.0 Å². The lowest BCUT2D eigenvalue weighted by Gasteiger charge is -2.09. The Morgan fingerprint density at radius 3 is 2.63 bits per heavy atom. The number of hydrogen-bond donors (Lipinski definition) is 3. The molecule has 0 fully saturated rings. The summed E-state index contributed by atoms with van der Waals surface area (Å²) >= 11 is 5.72. The number of ether oxygens (including phenoxy) is 1. The van der Waals surface area contributed by atoms with Crippen molar-refractivity contribution in [3.63, 3.8) is 0 Å². The lowest BCUT2D eigenvalue weighted by atomic mass is 10.2. The van der Waals surface area contributed by atoms with Gasteiger partial charge in [0.25, 0.3) is 0 Å². The lowest BCUT2D eigenvalue weighted by molar-refractivity contribution is -0.139. The van der Waals surface area contributed by atoms with Crippen LogP contribution in [0.15, 0.2) is 18.2 Å². The van der Waals surface area contributed by atoms with Gasteiger partial charge in [-0.25, -0.2) is 9.59 Å². The monoisotopic (exact) mass is 286 g/mol. The van der Waals surface area contributed by atoms with E-state index in [9.17, 15) is 14.4 Å². The van der Waals surface area contributed by atoms with Crippen LogP contribution in [0.3, 0.4) is 0 Å². The van der Waals surface area contributed by atoms with E-state index in [4.69, 9.17) is 16.7 Å². The molecule has 1 aromatic rings. The normalized spacial score (nSPS) is 9.58. The molecule has 0 spiro atoms. The highest BCUT2D eigenvalue weighted by Gasteiger charge is 2.13. The fourth-order valence-electron chi connectivity index (χ4n) is 1.20. The third-order valence-electron chi connectivity index (χ3n) is 2.08. The molecular formula is C11H11ClN2O5. The van der Waals surface area contributed by atoms with Crippen LogP contribution in [0.5, 0.6) is 0 Å². The number of carboxylic acids is 1. The Balaban J connectivity index is 2.75. The molecular weight excluding hydrogens is 276 g/mol. The number of carbonyl (C=O) groups is 3. The fraction of sp³-hybridized carbons (Fsp3) is 0.182. The molecule has 2 amide bonds. The SMILES string of the molecule is COC(=O)CNC(=O)Nc1cc(Cl)ccc1C(=O)O. The zero-order chi connectivity index (χ0) is 14.4. The maximum absolute atomic E-state index is 11.5. The molecule has 0 unspecified atom stereocenters. The van der Waals surface area contributed by atoms with Crippen LogP contribution < -0.4 is 10.6 Å². The second-order valence-electron chi connectivity index (χ2n) is 3.38. The molecule has 1 aromatic carbocycles. The van der Waals surface area contributed by atoms with Crippen molar-refractivity contribution in [1.29, 1.82) is 0 Å². The number of methoxy groups -OCH3 is 1. The van der Waals surface area contributed by atoms with Crippen molar-refractivity contribution in [3.05, 3.63) is 28.8 Å². The molecule has 0 aliphatic rings. The average molecular weight is 287 g/mol. The van der Waals surface area contributed by atoms with Crippen LogP contribution in [0.1, 0.15) is 10.4 Å². The van der Waals surface area contributed by atoms with Crippen LogP contribution in [0.25, 0.3) is 0 Å². The fourth-order valence-corrected chi connectivity index (χ4v) is 1.37. The van der Waals surface area contributed by atoms with Crippen LogP contribution in [-0.4, -0.2) is 36.7 Å². The van der Waals surface area contributed by atoms with Gasteiger partial charge >= 0.3 is 18.0 Å². The van der Waals surface area contributed by atoms with E-state index in [-0.39, 0.29) is 22.8 Å². The number of esters is 1. The lowest BCUT2D eigenvalue weighted by Crippen LogP contribution is -2.34. The number of urea groups is 1. The summed E-state index contributed by atoms with van der Waals surface area (Å²) in [4.78, 5) is 33.2. The number of halogens is 1. The van der Waals surface area contributed by atoms with Crippen molar-refractivity contribution >= 4 is 35.3 Å². The number of benzene rings is 1. The number of amides is 2. The van der Waals surface area contributed by atoms with Crippen LogP contribution in [0, 0.1) is 0 Å². The molecule has 0 aromatic heterocycles. The van der Waals surface area contributed by atoms with Gasteiger partial charge in [0.05, 0.1) is 18.4 Å². The molecule has 0 saturated heterocycles. The van der Waals surface area contributed by atoms with Gasteiger partial charge in [-0.3, -0.25) is 4.79 Å². The minimum Gasteiger partial charge on any atom is -0.478 e. The average Bonchev–Trinajstić information content (AvgIpc) is 2.35. The van der Waals surface area contributed by atoms with Gasteiger partial charge in [0.1, 0.15) is 6.54 Å². The highest BCUT2D eigenvalue weighted by atomic mass is 35.5. The minimum atomic E-state index is -1.21. The number of anilines is 1. The van der Waals surface area contributed by atoms with Gasteiger partial charge in [0.15, 0.2) is 0 Å². The highest BCUT2D eigenvalue weighted by Crippen LogP contribution is 2.21. The van der Waals surface area contributed by atoms with Crippen molar-refractivity contribution in [2.75, 3.05) is 19.0 Å². The smallest absolute Gasteiger partial charge is 0.337 e. The van der Waals surface area contributed by atoms with Gasteiger partial charge in [-0.05, 0) is 18.2 Å². The number of rotatable bonds is 4. The summed E-state index contributed by atoms with van der Waals surface area (Å²) < 4.78 is 4.34. The standard InChI is InChI=1S/C11H11ClN2O5/c1-19-9(15)5-13-11(18)14-8-4-6(12)2-3-7(8)10(16)17/h2-4H,5H2,1H3,(H,16,17)(H2,13,14,18). The Bertz CT molecular complexity index is 518. The molecule has 1 rings (SSSR count). The topological polar surface area (TPSA) is 105 Å². The summed E-state index contributed by atoms with van der Waals surface area (Å²) in [6.07, 6.45) is 0. The first-order valence-corrected chi connectivity index (χ1v) is 5.46. The van der Waals surface area contributed by atoms with Gasteiger partial charge in [0, 0.05) is 5.02 Å². The largest absolute Gasteiger partial charge is 0.478 e. The van der Waals surface area contributed by atoms with Crippen LogP contribution >= 0.6 is 11.6 Å². The summed E-state index contributed by atoms with van der Waals surface area (Å²) in [6, 6.07) is 3.21. The highest BCUT2D eigenvalue weighted by molar-refractivity contribution is 6.31. The Hall–Kier alpha value is -2.28. The van der Waals surface area contributed by atoms with Crippen molar-refractivity contribution < 1.29 is 24.2 Å². The van der Waals surface area contributed by atoms with E-state index in [0.717, 1.165) is 0 Å². The number of carbonyl (C=O) groups excluding carboxylic acids is 2. The first kappa shape index (κ1) is 14.8. The van der Waals surface area contributed by atoms with Gasteiger partial charge < -0.3 is 20.5 Å². The van der Waals surface area contributed by atoms with Crippen LogP contribution in [-0.2, 0) is 9.53 Å². The first-order chi connectivity index (χ1) is 8.93. The third kappa shape index (κ3) is 4.47. The first-order valence-electron chi connectivity index (χ1n) is 5.08. The van der Waals surface area contributed by atoms with E-state index in [1.807, 2.05) is 0 Å². The molecule has 19 heavy (non-hydrogen) atoms. The molecule has 0 aliphatic heterocycles. The molecule has 3 N–H and O–H groups in total. The zero-order valence-electron chi connectivity index (χ0n) is 9.90. The van der Waals surface area contributed by atoms with Crippen molar-refractivity contribution in [3.8, 4) is 0 Å². The predicted molar refractivity (Wildman–Crippen MR) is 67.4 cm³/mol. The molecule has 102 valence electrons. The van der Waals surface area contributed by atoms with Crippen LogP contribution in [0.4, 0.5) is 10.5 Å². The molecule has 0 heterocycles. The molecule has 0 aliphatic carbocycles. The van der Waals surface area contributed by atoms with E-state index in [0.29, 0.717) is 0 Å². The molecule has 0 atom stereocenters. The minimum absolute atomic E-state index is 0.0300. The van der Waals surface area contributed by atoms with Gasteiger partial charge in [0.2, 0.25) is 0 Å². The zero-order valence-corrected chi connectivity index (χ0v) is 10.7. The Labute approximate surface area is 113 Å². The molecule has 7 nitrogen and oxygen atoms in total. The van der Waals surface area contributed by atoms with Gasteiger partial charge in [-0.15, -0.1) is 0 Å². The second kappa shape index (κ2) is 6.60. The maximum atomic E-state index is 11.5. The van der Waals surface area contributed by atoms with Crippen molar-refractivity contribution in [2.24, 2.45) is 0 Å². The van der Waals surface area contributed by atoms with E-state index >= 15 is 0 Å². The summed E-state index contributed by atoms with van der Waals surface area (Å²) in [7, 11) is 1.18. The van der Waals surface area contributed by atoms with E-state index in [1.54, 1.807) is 0 Å². The van der Waals surface area contributed by atoms with Crippen LogP contribution in [0.2, 0.25) is 5.02 Å². The summed E-state index contributed by atoms with van der Waals surface area (Å²) in [5, 5.41) is 13.7. The Morgan fingerprint density at radius 2 is 2.05 bits per heavy atom. The predicted octanol–water partition coefficient (Wildman–Crippen LogP) is 1.33. The third-order valence-corrected chi connectivity index (χ3v) is 2.32. The summed E-state index contributed by atoms with van der Waals surface area (Å²) in [5.41, 5.74) is -0.0833. The van der Waals surface area contributed by atoms with Gasteiger partial charge in [-0.2, -0.15) is 0 Å². The number of hydrogen-bond acceptors (Lipinski definition) is 4. The summed E-state index contributed by atoms with van der Waals surface area (Å²) in [5.74, 6) is -1.83. The molecule has 0 radical (unpaired) electrons. The number of aromatic carboxylic acids is 1. The van der Waals surface area contributed by atoms with Crippen molar-refractivity contribution in [2.45, 2.75) is 0 Å². The molecule has 0 saturated carbocycles. The van der Waals surface area contributed by atoms with E-state index in [2.05, 4.69) is 15.4 Å². The second-order valence-corrected chi connectivity index (χ2v) is 3.82. The molecule has 0 bridgehead atoms. The van der Waals surface area contributed by atoms with E-state index in [1.165, 1.54) is 25.3 Å². The number of carboxylic acid groups (broad SMARTS) is 1.